The SMILES string of the molecule is C=CC1=NC2=C(/C1=C/C=C(\CF)c1ccc(S(C)(=O)=O)cc1)[C@H](C1=C(OC(F)F)C=CSC=C1)C[C@@H]2C. The summed E-state index contributed by atoms with van der Waals surface area (Å²) in [6.45, 7) is 2.19. The Bertz CT molecular complexity index is 1410. The highest BCUT2D eigenvalue weighted by molar-refractivity contribution is 8.04. The van der Waals surface area contributed by atoms with Crippen LogP contribution in [0.15, 0.2) is 110 Å². The van der Waals surface area contributed by atoms with Crippen molar-refractivity contribution in [2.75, 3.05) is 12.9 Å². The average molecular weight is 546 g/mol. The van der Waals surface area contributed by atoms with E-state index in [2.05, 4.69) is 6.58 Å². The molecule has 0 bridgehead atoms. The molecule has 0 spiro atoms. The molecule has 1 aromatic carbocycles. The van der Waals surface area contributed by atoms with E-state index in [0.29, 0.717) is 28.8 Å². The molecule has 0 unspecified atom stereocenters. The summed E-state index contributed by atoms with van der Waals surface area (Å²) < 4.78 is 68.8. The minimum Gasteiger partial charge on any atom is -0.435 e. The largest absolute Gasteiger partial charge is 0.435 e. The lowest BCUT2D eigenvalue weighted by atomic mass is 9.85. The quantitative estimate of drug-likeness (QED) is 0.347. The van der Waals surface area contributed by atoms with Crippen LogP contribution in [0.3, 0.4) is 0 Å². The lowest BCUT2D eigenvalue weighted by molar-refractivity contribution is -0.0930. The summed E-state index contributed by atoms with van der Waals surface area (Å²) in [7, 11) is -3.37. The van der Waals surface area contributed by atoms with E-state index in [1.165, 1.54) is 23.9 Å². The van der Waals surface area contributed by atoms with Crippen LogP contribution < -0.4 is 0 Å². The van der Waals surface area contributed by atoms with Crippen molar-refractivity contribution in [3.63, 3.8) is 0 Å². The molecule has 0 fully saturated rings. The summed E-state index contributed by atoms with van der Waals surface area (Å²) in [4.78, 5) is 4.92. The fourth-order valence-electron chi connectivity index (χ4n) is 4.71. The maximum Gasteiger partial charge on any atom is 0.387 e. The van der Waals surface area contributed by atoms with Gasteiger partial charge in [-0.15, -0.1) is 11.8 Å². The van der Waals surface area contributed by atoms with Crippen molar-refractivity contribution in [1.29, 1.82) is 0 Å². The van der Waals surface area contributed by atoms with Crippen LogP contribution in [0, 0.1) is 11.8 Å². The predicted octanol–water partition coefficient (Wildman–Crippen LogP) is 7.19. The standard InChI is InChI=1S/C28H26F3NO3S2/c1-4-24-22(10-7-19(16-29)18-5-8-20(9-6-18)37(3,33)34)26-23(15-17(2)27(26)32-24)21-11-13-36-14-12-25(21)35-28(30)31/h4-14,17,23,28H,1,15-16H2,2-3H3/b19-7+,22-10+/t17-,23-/m0/s1. The van der Waals surface area contributed by atoms with Crippen molar-refractivity contribution in [2.24, 2.45) is 16.8 Å². The number of thioether (sulfide) groups is 1. The highest BCUT2D eigenvalue weighted by Gasteiger charge is 2.40. The first kappa shape index (κ1) is 27.0. The van der Waals surface area contributed by atoms with Crippen LogP contribution in [-0.4, -0.2) is 33.7 Å². The van der Waals surface area contributed by atoms with Crippen molar-refractivity contribution in [2.45, 2.75) is 24.9 Å². The molecule has 4 nitrogen and oxygen atoms in total. The van der Waals surface area contributed by atoms with Crippen LogP contribution in [0.25, 0.3) is 5.57 Å². The highest BCUT2D eigenvalue weighted by atomic mass is 32.2. The molecule has 0 radical (unpaired) electrons. The van der Waals surface area contributed by atoms with Gasteiger partial charge in [0.1, 0.15) is 12.4 Å². The van der Waals surface area contributed by atoms with Crippen molar-refractivity contribution in [3.8, 4) is 0 Å². The van der Waals surface area contributed by atoms with E-state index in [4.69, 9.17) is 9.73 Å². The Morgan fingerprint density at radius 2 is 1.95 bits per heavy atom. The van der Waals surface area contributed by atoms with Crippen LogP contribution in [0.2, 0.25) is 0 Å². The number of nitrogens with zero attached hydrogens (tertiary/aromatic N) is 1. The Morgan fingerprint density at radius 1 is 1.24 bits per heavy atom. The third kappa shape index (κ3) is 5.78. The molecule has 3 aliphatic rings. The van der Waals surface area contributed by atoms with Crippen LogP contribution in [0.1, 0.15) is 18.9 Å². The van der Waals surface area contributed by atoms with E-state index >= 15 is 0 Å². The Kier molecular flexibility index (Phi) is 8.14. The maximum atomic E-state index is 14.1. The van der Waals surface area contributed by atoms with E-state index in [1.54, 1.807) is 47.9 Å². The van der Waals surface area contributed by atoms with Gasteiger partial charge in [0.15, 0.2) is 9.84 Å². The summed E-state index contributed by atoms with van der Waals surface area (Å²) in [6.07, 6.45) is 10.2. The number of sulfone groups is 1. The monoisotopic (exact) mass is 545 g/mol. The van der Waals surface area contributed by atoms with Crippen molar-refractivity contribution in [1.82, 2.24) is 0 Å². The normalized spacial score (nSPS) is 23.1. The van der Waals surface area contributed by atoms with Gasteiger partial charge >= 0.3 is 6.61 Å². The molecule has 1 aromatic rings. The van der Waals surface area contributed by atoms with Crippen molar-refractivity contribution >= 4 is 32.9 Å². The average Bonchev–Trinajstić information content (AvgIpc) is 3.27. The fourth-order valence-corrected chi connectivity index (χ4v) is 5.86. The van der Waals surface area contributed by atoms with E-state index < -0.39 is 23.1 Å². The molecule has 2 atom stereocenters. The minimum atomic E-state index is -3.37. The third-order valence-electron chi connectivity index (χ3n) is 6.43. The second kappa shape index (κ2) is 11.1. The van der Waals surface area contributed by atoms with Gasteiger partial charge in [-0.3, -0.25) is 4.99 Å². The molecule has 2 aliphatic heterocycles. The molecule has 9 heteroatoms. The van der Waals surface area contributed by atoms with Gasteiger partial charge in [-0.2, -0.15) is 8.78 Å². The Labute approximate surface area is 219 Å². The van der Waals surface area contributed by atoms with Crippen LogP contribution in [0.4, 0.5) is 13.2 Å². The molecule has 0 saturated carbocycles. The van der Waals surface area contributed by atoms with Gasteiger partial charge in [-0.05, 0) is 70.2 Å². The second-order valence-corrected chi connectivity index (χ2v) is 11.7. The summed E-state index contributed by atoms with van der Waals surface area (Å²) in [5, 5.41) is 3.52. The number of aliphatic imine (C=N–C) groups is 1. The fraction of sp³-hybridized carbons (Fsp3) is 0.250. The third-order valence-corrected chi connectivity index (χ3v) is 8.14. The molecule has 1 aliphatic carbocycles. The lowest BCUT2D eigenvalue weighted by Crippen LogP contribution is -2.12. The first-order valence-corrected chi connectivity index (χ1v) is 14.4. The molecule has 0 N–H and O–H groups in total. The first-order chi connectivity index (χ1) is 17.6. The zero-order valence-electron chi connectivity index (χ0n) is 20.3. The smallest absolute Gasteiger partial charge is 0.387 e. The molecule has 194 valence electrons. The van der Waals surface area contributed by atoms with Gasteiger partial charge in [0.05, 0.1) is 10.6 Å². The van der Waals surface area contributed by atoms with Gasteiger partial charge in [-0.25, -0.2) is 12.8 Å². The Hall–Kier alpha value is -3.04. The van der Waals surface area contributed by atoms with E-state index in [9.17, 15) is 21.6 Å². The van der Waals surface area contributed by atoms with Crippen LogP contribution >= 0.6 is 11.8 Å². The number of ether oxygens (including phenoxy) is 1. The minimum absolute atomic E-state index is 0.0719. The Morgan fingerprint density at radius 3 is 2.57 bits per heavy atom. The van der Waals surface area contributed by atoms with E-state index in [-0.39, 0.29) is 22.5 Å². The molecule has 0 amide bonds. The predicted molar refractivity (Wildman–Crippen MR) is 144 cm³/mol. The number of alkyl halides is 3. The highest BCUT2D eigenvalue weighted by Crippen LogP contribution is 2.50. The number of allylic oxidation sites excluding steroid dienone is 10. The maximum absolute atomic E-state index is 14.1. The second-order valence-electron chi connectivity index (χ2n) is 8.83. The zero-order chi connectivity index (χ0) is 26.7. The molecule has 0 aromatic heterocycles. The number of hydrogen-bond acceptors (Lipinski definition) is 5. The molecule has 2 heterocycles. The van der Waals surface area contributed by atoms with Crippen LogP contribution in [-0.2, 0) is 14.6 Å². The zero-order valence-corrected chi connectivity index (χ0v) is 22.0. The van der Waals surface area contributed by atoms with Crippen molar-refractivity contribution in [3.05, 3.63) is 106 Å². The van der Waals surface area contributed by atoms with Crippen molar-refractivity contribution < 1.29 is 26.3 Å². The van der Waals surface area contributed by atoms with Crippen LogP contribution in [0.5, 0.6) is 0 Å². The van der Waals surface area contributed by atoms with Gasteiger partial charge in [-0.1, -0.05) is 37.8 Å². The van der Waals surface area contributed by atoms with Gasteiger partial charge in [0.2, 0.25) is 0 Å². The summed E-state index contributed by atoms with van der Waals surface area (Å²) in [5.74, 6) is -0.0655. The lowest BCUT2D eigenvalue weighted by Gasteiger charge is -2.20. The molecule has 0 saturated heterocycles. The van der Waals surface area contributed by atoms with E-state index in [1.807, 2.05) is 12.3 Å². The number of rotatable bonds is 8. The number of benzene rings is 1. The topological polar surface area (TPSA) is 55.7 Å². The molecule has 4 rings (SSSR count). The summed E-state index contributed by atoms with van der Waals surface area (Å²) in [6, 6.07) is 6.04. The van der Waals surface area contributed by atoms with E-state index in [0.717, 1.165) is 23.1 Å². The number of hydrogen-bond donors (Lipinski definition) is 0. The van der Waals surface area contributed by atoms with Gasteiger partial charge in [0, 0.05) is 29.0 Å². The Balaban J connectivity index is 1.77. The summed E-state index contributed by atoms with van der Waals surface area (Å²) >= 11 is 1.37. The number of halogens is 3. The first-order valence-electron chi connectivity index (χ1n) is 11.5. The molecular formula is C28H26F3NO3S2. The summed E-state index contributed by atoms with van der Waals surface area (Å²) in [5.41, 5.74) is 4.67. The van der Waals surface area contributed by atoms with Gasteiger partial charge in [0.25, 0.3) is 0 Å². The van der Waals surface area contributed by atoms with Gasteiger partial charge < -0.3 is 4.74 Å². The molecular weight excluding hydrogens is 519 g/mol. The molecule has 37 heavy (non-hydrogen) atoms.